The van der Waals surface area contributed by atoms with E-state index < -0.39 is 0 Å². The van der Waals surface area contributed by atoms with Crippen LogP contribution in [-0.4, -0.2) is 9.13 Å². The van der Waals surface area contributed by atoms with Gasteiger partial charge in [-0.25, -0.2) is 0 Å². The molecule has 0 bridgehead atoms. The van der Waals surface area contributed by atoms with Crippen molar-refractivity contribution in [3.63, 3.8) is 0 Å². The quantitative estimate of drug-likeness (QED) is 0.202. The maximum absolute atomic E-state index is 4.06. The minimum absolute atomic E-state index is 1.01. The first-order valence-corrected chi connectivity index (χ1v) is 13.7. The van der Waals surface area contributed by atoms with Gasteiger partial charge >= 0.3 is 0 Å². The van der Waals surface area contributed by atoms with E-state index in [2.05, 4.69) is 139 Å². The van der Waals surface area contributed by atoms with Crippen molar-refractivity contribution in [2.45, 2.75) is 13.8 Å². The third-order valence-electron chi connectivity index (χ3n) is 8.18. The van der Waals surface area contributed by atoms with Crippen molar-refractivity contribution in [3.8, 4) is 16.8 Å². The topological polar surface area (TPSA) is 9.86 Å². The number of aryl methyl sites for hydroxylation is 2. The van der Waals surface area contributed by atoms with Gasteiger partial charge in [-0.3, -0.25) is 0 Å². The summed E-state index contributed by atoms with van der Waals surface area (Å²) in [5.74, 6) is 0. The highest BCUT2D eigenvalue weighted by atomic mass is 15.0. The fraction of sp³-hybridized carbons (Fsp3) is 0.0526. The van der Waals surface area contributed by atoms with Gasteiger partial charge in [0.15, 0.2) is 0 Å². The van der Waals surface area contributed by atoms with Crippen molar-refractivity contribution in [1.82, 2.24) is 9.13 Å². The van der Waals surface area contributed by atoms with Crippen LogP contribution in [0.15, 0.2) is 135 Å². The van der Waals surface area contributed by atoms with E-state index in [0.29, 0.717) is 0 Å². The van der Waals surface area contributed by atoms with Gasteiger partial charge in [0.1, 0.15) is 0 Å². The van der Waals surface area contributed by atoms with Gasteiger partial charge in [-0.1, -0.05) is 73.8 Å². The number of benzene rings is 5. The average molecular weight is 515 g/mol. The summed E-state index contributed by atoms with van der Waals surface area (Å²) in [7, 11) is 0. The Balaban J connectivity index is 1.46. The molecule has 0 radical (unpaired) electrons. The van der Waals surface area contributed by atoms with Crippen LogP contribution in [0.3, 0.4) is 0 Å². The second kappa shape index (κ2) is 9.29. The smallest absolute Gasteiger partial charge is 0.0541 e. The van der Waals surface area contributed by atoms with Crippen LogP contribution < -0.4 is 0 Å². The molecule has 0 fully saturated rings. The zero-order valence-corrected chi connectivity index (χ0v) is 22.9. The molecule has 0 saturated heterocycles. The Morgan fingerprint density at radius 1 is 0.575 bits per heavy atom. The van der Waals surface area contributed by atoms with Crippen LogP contribution >= 0.6 is 0 Å². The fourth-order valence-electron chi connectivity index (χ4n) is 6.08. The molecule has 2 heterocycles. The molecular weight excluding hydrogens is 484 g/mol. The van der Waals surface area contributed by atoms with Crippen molar-refractivity contribution in [2.75, 3.05) is 0 Å². The first-order chi connectivity index (χ1) is 19.6. The molecule has 0 N–H and O–H groups in total. The lowest BCUT2D eigenvalue weighted by Gasteiger charge is -2.11. The third-order valence-corrected chi connectivity index (χ3v) is 8.18. The molecule has 0 atom stereocenters. The Morgan fingerprint density at radius 3 is 1.82 bits per heavy atom. The average Bonchev–Trinajstić information content (AvgIpc) is 3.49. The lowest BCUT2D eigenvalue weighted by atomic mass is 10.0. The second-order valence-corrected chi connectivity index (χ2v) is 10.5. The first-order valence-electron chi connectivity index (χ1n) is 13.7. The maximum atomic E-state index is 4.06. The Bertz CT molecular complexity index is 2160. The lowest BCUT2D eigenvalue weighted by molar-refractivity contribution is 1.16. The predicted octanol–water partition coefficient (Wildman–Crippen LogP) is 10.4. The van der Waals surface area contributed by atoms with Crippen molar-refractivity contribution >= 4 is 49.3 Å². The summed E-state index contributed by atoms with van der Waals surface area (Å²) in [4.78, 5) is 0. The van der Waals surface area contributed by atoms with Gasteiger partial charge < -0.3 is 9.13 Å². The molecular formula is C38H30N2. The molecule has 0 aliphatic heterocycles. The van der Waals surface area contributed by atoms with E-state index in [0.717, 1.165) is 16.7 Å². The minimum atomic E-state index is 1.01. The van der Waals surface area contributed by atoms with Gasteiger partial charge in [-0.15, -0.1) is 0 Å². The molecule has 0 aliphatic rings. The Labute approximate surface area is 234 Å². The Kier molecular flexibility index (Phi) is 5.57. The maximum Gasteiger partial charge on any atom is 0.0541 e. The summed E-state index contributed by atoms with van der Waals surface area (Å²) in [6.45, 7) is 12.3. The van der Waals surface area contributed by atoms with Gasteiger partial charge in [-0.2, -0.15) is 0 Å². The van der Waals surface area contributed by atoms with Crippen LogP contribution in [0.5, 0.6) is 0 Å². The molecule has 0 unspecified atom stereocenters. The van der Waals surface area contributed by atoms with Gasteiger partial charge in [0, 0.05) is 32.9 Å². The third kappa shape index (κ3) is 3.57. The molecule has 2 heteroatoms. The number of rotatable bonds is 5. The van der Waals surface area contributed by atoms with Crippen LogP contribution in [0.25, 0.3) is 66.1 Å². The molecule has 5 aromatic carbocycles. The number of fused-ring (bicyclic) bond motifs is 6. The van der Waals surface area contributed by atoms with Crippen molar-refractivity contribution in [3.05, 3.63) is 146 Å². The highest BCUT2D eigenvalue weighted by Gasteiger charge is 2.16. The van der Waals surface area contributed by atoms with Gasteiger partial charge in [0.05, 0.1) is 22.1 Å². The van der Waals surface area contributed by atoms with Crippen molar-refractivity contribution in [2.24, 2.45) is 0 Å². The van der Waals surface area contributed by atoms with Crippen LogP contribution in [-0.2, 0) is 0 Å². The zero-order chi connectivity index (χ0) is 27.4. The summed E-state index contributed by atoms with van der Waals surface area (Å²) in [5.41, 5.74) is 12.0. The van der Waals surface area contributed by atoms with Crippen molar-refractivity contribution in [1.29, 1.82) is 0 Å². The monoisotopic (exact) mass is 514 g/mol. The molecule has 192 valence electrons. The molecule has 7 aromatic rings. The Hall–Kier alpha value is -5.08. The SMILES string of the molecule is C=C/C=C(\C=C)n1c2ccccc2c2cc(-c3ccc4c(c3)c3ccccc3n4-c3ccc(C)c(C)c3)ccc21. The Morgan fingerprint density at radius 2 is 1.15 bits per heavy atom. The zero-order valence-electron chi connectivity index (χ0n) is 22.9. The summed E-state index contributed by atoms with van der Waals surface area (Å²) >= 11 is 0. The summed E-state index contributed by atoms with van der Waals surface area (Å²) in [5, 5.41) is 4.98. The first kappa shape index (κ1) is 24.0. The number of nitrogens with zero attached hydrogens (tertiary/aromatic N) is 2. The molecule has 40 heavy (non-hydrogen) atoms. The van der Waals surface area contributed by atoms with E-state index in [9.17, 15) is 0 Å². The molecule has 0 spiro atoms. The normalized spacial score (nSPS) is 12.1. The summed E-state index contributed by atoms with van der Waals surface area (Å²) in [6, 6.07) is 37.7. The number of allylic oxidation sites excluding steroid dienone is 4. The number of aromatic nitrogens is 2. The minimum Gasteiger partial charge on any atom is -0.309 e. The molecule has 2 nitrogen and oxygen atoms in total. The summed E-state index contributed by atoms with van der Waals surface area (Å²) in [6.07, 6.45) is 5.71. The highest BCUT2D eigenvalue weighted by Crippen LogP contribution is 2.38. The molecule has 0 aliphatic carbocycles. The molecule has 2 aromatic heterocycles. The van der Waals surface area contributed by atoms with E-state index in [1.54, 1.807) is 0 Å². The highest BCUT2D eigenvalue weighted by molar-refractivity contribution is 6.13. The van der Waals surface area contributed by atoms with E-state index in [1.807, 2.05) is 18.2 Å². The van der Waals surface area contributed by atoms with Crippen LogP contribution in [0, 0.1) is 13.8 Å². The standard InChI is InChI=1S/C38H30N2/c1-5-11-29(6-2)39-35-14-9-7-12-31(35)33-23-27(17-20-37(33)39)28-18-21-38-34(24-28)32-13-8-10-15-36(32)40(38)30-19-16-25(3)26(4)22-30/h5-24H,1-2H2,3-4H3/b29-11+. The van der Waals surface area contributed by atoms with Gasteiger partial charge in [0.2, 0.25) is 0 Å². The molecule has 7 rings (SSSR count). The van der Waals surface area contributed by atoms with E-state index in [4.69, 9.17) is 0 Å². The summed E-state index contributed by atoms with van der Waals surface area (Å²) < 4.78 is 4.66. The number of para-hydroxylation sites is 2. The van der Waals surface area contributed by atoms with Crippen LogP contribution in [0.1, 0.15) is 11.1 Å². The fourth-order valence-corrected chi connectivity index (χ4v) is 6.08. The molecule has 0 amide bonds. The van der Waals surface area contributed by atoms with Crippen LogP contribution in [0.4, 0.5) is 0 Å². The second-order valence-electron chi connectivity index (χ2n) is 10.5. The number of hydrogen-bond acceptors (Lipinski definition) is 0. The van der Waals surface area contributed by atoms with E-state index in [-0.39, 0.29) is 0 Å². The van der Waals surface area contributed by atoms with Gasteiger partial charge in [-0.05, 0) is 96.8 Å². The van der Waals surface area contributed by atoms with Gasteiger partial charge in [0.25, 0.3) is 0 Å². The van der Waals surface area contributed by atoms with E-state index >= 15 is 0 Å². The number of hydrogen-bond donors (Lipinski definition) is 0. The van der Waals surface area contributed by atoms with Crippen LogP contribution in [0.2, 0.25) is 0 Å². The van der Waals surface area contributed by atoms with E-state index in [1.165, 1.54) is 60.5 Å². The predicted molar refractivity (Wildman–Crippen MR) is 173 cm³/mol. The molecule has 0 saturated carbocycles. The largest absolute Gasteiger partial charge is 0.309 e. The van der Waals surface area contributed by atoms with Crippen molar-refractivity contribution < 1.29 is 0 Å². The lowest BCUT2D eigenvalue weighted by Crippen LogP contribution is -1.95.